The second-order valence-electron chi connectivity index (χ2n) is 3.81. The summed E-state index contributed by atoms with van der Waals surface area (Å²) in [6.07, 6.45) is 2.62. The highest BCUT2D eigenvalue weighted by Gasteiger charge is 2.05. The third-order valence-corrected chi connectivity index (χ3v) is 2.66. The summed E-state index contributed by atoms with van der Waals surface area (Å²) in [7, 11) is 1.64. The number of primary amides is 1. The molecule has 0 fully saturated rings. The summed E-state index contributed by atoms with van der Waals surface area (Å²) in [5.41, 5.74) is 6.04. The number of fused-ring (bicyclic) bond motifs is 1. The van der Waals surface area contributed by atoms with Gasteiger partial charge >= 0.3 is 0 Å². The van der Waals surface area contributed by atoms with Gasteiger partial charge in [0.05, 0.1) is 7.11 Å². The number of rotatable bonds is 4. The van der Waals surface area contributed by atoms with Gasteiger partial charge in [-0.25, -0.2) is 0 Å². The van der Waals surface area contributed by atoms with E-state index in [1.165, 1.54) is 0 Å². The standard InChI is InChI=1S/C13H14N2O2/c1-17-10-2-3-11-9(8-10)6-7-15-12(11)4-5-13(14)16/h2-3,6-8H,4-5H2,1H3,(H2,14,16). The Kier molecular flexibility index (Phi) is 3.23. The van der Waals surface area contributed by atoms with Crippen molar-refractivity contribution in [1.29, 1.82) is 0 Å². The Labute approximate surface area is 99.4 Å². The van der Waals surface area contributed by atoms with Gasteiger partial charge in [0.15, 0.2) is 0 Å². The van der Waals surface area contributed by atoms with Crippen LogP contribution in [0.5, 0.6) is 5.75 Å². The number of carbonyl (C=O) groups is 1. The summed E-state index contributed by atoms with van der Waals surface area (Å²) >= 11 is 0. The SMILES string of the molecule is COc1ccc2c(CCC(N)=O)nccc2c1. The van der Waals surface area contributed by atoms with E-state index < -0.39 is 0 Å². The lowest BCUT2D eigenvalue weighted by molar-refractivity contribution is -0.118. The quantitative estimate of drug-likeness (QED) is 0.868. The lowest BCUT2D eigenvalue weighted by Crippen LogP contribution is -2.11. The van der Waals surface area contributed by atoms with Crippen LogP contribution in [0.15, 0.2) is 30.5 Å². The van der Waals surface area contributed by atoms with E-state index in [9.17, 15) is 4.79 Å². The molecule has 4 nitrogen and oxygen atoms in total. The van der Waals surface area contributed by atoms with Crippen LogP contribution >= 0.6 is 0 Å². The Morgan fingerprint density at radius 1 is 1.41 bits per heavy atom. The van der Waals surface area contributed by atoms with Crippen molar-refractivity contribution < 1.29 is 9.53 Å². The second-order valence-corrected chi connectivity index (χ2v) is 3.81. The minimum absolute atomic E-state index is 0.308. The number of benzene rings is 1. The number of pyridine rings is 1. The fourth-order valence-electron chi connectivity index (χ4n) is 1.79. The van der Waals surface area contributed by atoms with Gasteiger partial charge in [0.1, 0.15) is 5.75 Å². The van der Waals surface area contributed by atoms with Gasteiger partial charge in [0.25, 0.3) is 0 Å². The molecule has 0 spiro atoms. The Bertz CT molecular complexity index is 552. The maximum absolute atomic E-state index is 10.8. The summed E-state index contributed by atoms with van der Waals surface area (Å²) in [5.74, 6) is 0.502. The van der Waals surface area contributed by atoms with Crippen molar-refractivity contribution in [3.05, 3.63) is 36.2 Å². The maximum Gasteiger partial charge on any atom is 0.217 e. The van der Waals surface area contributed by atoms with Crippen molar-refractivity contribution in [2.24, 2.45) is 5.73 Å². The van der Waals surface area contributed by atoms with Crippen LogP contribution in [0.25, 0.3) is 10.8 Å². The molecule has 0 saturated heterocycles. The molecule has 1 aromatic heterocycles. The molecule has 2 aromatic rings. The summed E-state index contributed by atoms with van der Waals surface area (Å²) in [6.45, 7) is 0. The number of carbonyl (C=O) groups excluding carboxylic acids is 1. The van der Waals surface area contributed by atoms with Crippen molar-refractivity contribution in [2.45, 2.75) is 12.8 Å². The molecule has 0 bridgehead atoms. The Hall–Kier alpha value is -2.10. The molecule has 1 amide bonds. The van der Waals surface area contributed by atoms with Crippen molar-refractivity contribution >= 4 is 16.7 Å². The lowest BCUT2D eigenvalue weighted by Gasteiger charge is -2.06. The van der Waals surface area contributed by atoms with Gasteiger partial charge in [0, 0.05) is 23.7 Å². The van der Waals surface area contributed by atoms with Crippen LogP contribution in [-0.4, -0.2) is 18.0 Å². The van der Waals surface area contributed by atoms with Crippen molar-refractivity contribution in [2.75, 3.05) is 7.11 Å². The van der Waals surface area contributed by atoms with E-state index in [4.69, 9.17) is 10.5 Å². The predicted octanol–water partition coefficient (Wildman–Crippen LogP) is 1.66. The maximum atomic E-state index is 10.8. The molecule has 2 N–H and O–H groups in total. The van der Waals surface area contributed by atoms with Crippen LogP contribution in [-0.2, 0) is 11.2 Å². The molecule has 0 aliphatic rings. The number of hydrogen-bond donors (Lipinski definition) is 1. The fourth-order valence-corrected chi connectivity index (χ4v) is 1.79. The largest absolute Gasteiger partial charge is 0.497 e. The van der Waals surface area contributed by atoms with Gasteiger partial charge < -0.3 is 10.5 Å². The highest BCUT2D eigenvalue weighted by molar-refractivity contribution is 5.86. The van der Waals surface area contributed by atoms with E-state index in [2.05, 4.69) is 4.98 Å². The molecule has 0 atom stereocenters. The highest BCUT2D eigenvalue weighted by atomic mass is 16.5. The van der Waals surface area contributed by atoms with Crippen LogP contribution in [0.4, 0.5) is 0 Å². The third-order valence-electron chi connectivity index (χ3n) is 2.66. The average molecular weight is 230 g/mol. The number of aromatic nitrogens is 1. The molecule has 1 aromatic carbocycles. The zero-order valence-electron chi connectivity index (χ0n) is 9.64. The molecule has 4 heteroatoms. The molecule has 0 radical (unpaired) electrons. The van der Waals surface area contributed by atoms with Crippen LogP contribution in [0.2, 0.25) is 0 Å². The van der Waals surface area contributed by atoms with E-state index in [1.54, 1.807) is 13.3 Å². The molecule has 0 aliphatic heterocycles. The first-order valence-electron chi connectivity index (χ1n) is 5.40. The summed E-state index contributed by atoms with van der Waals surface area (Å²) in [4.78, 5) is 15.1. The Balaban J connectivity index is 2.39. The van der Waals surface area contributed by atoms with Gasteiger partial charge in [-0.1, -0.05) is 0 Å². The Morgan fingerprint density at radius 2 is 2.24 bits per heavy atom. The first-order chi connectivity index (χ1) is 8.20. The minimum Gasteiger partial charge on any atom is -0.497 e. The van der Waals surface area contributed by atoms with Gasteiger partial charge in [0.2, 0.25) is 5.91 Å². The van der Waals surface area contributed by atoms with Gasteiger partial charge in [-0.2, -0.15) is 0 Å². The molecule has 88 valence electrons. The van der Waals surface area contributed by atoms with Crippen LogP contribution in [0.3, 0.4) is 0 Å². The number of ether oxygens (including phenoxy) is 1. The van der Waals surface area contributed by atoms with Gasteiger partial charge in [-0.3, -0.25) is 9.78 Å². The van der Waals surface area contributed by atoms with Crippen LogP contribution in [0.1, 0.15) is 12.1 Å². The average Bonchev–Trinajstić information content (AvgIpc) is 2.35. The van der Waals surface area contributed by atoms with E-state index in [0.717, 1.165) is 22.2 Å². The molecular weight excluding hydrogens is 216 g/mol. The molecule has 17 heavy (non-hydrogen) atoms. The first kappa shape index (κ1) is 11.4. The number of methoxy groups -OCH3 is 1. The van der Waals surface area contributed by atoms with Crippen molar-refractivity contribution in [1.82, 2.24) is 4.98 Å². The minimum atomic E-state index is -0.308. The van der Waals surface area contributed by atoms with E-state index in [-0.39, 0.29) is 5.91 Å². The van der Waals surface area contributed by atoms with Crippen LogP contribution < -0.4 is 10.5 Å². The highest BCUT2D eigenvalue weighted by Crippen LogP contribution is 2.23. The topological polar surface area (TPSA) is 65.2 Å². The predicted molar refractivity (Wildman–Crippen MR) is 65.8 cm³/mol. The molecule has 2 rings (SSSR count). The van der Waals surface area contributed by atoms with E-state index in [1.807, 2.05) is 24.3 Å². The van der Waals surface area contributed by atoms with Crippen molar-refractivity contribution in [3.63, 3.8) is 0 Å². The molecule has 0 unspecified atom stereocenters. The number of nitrogens with two attached hydrogens (primary N) is 1. The first-order valence-corrected chi connectivity index (χ1v) is 5.40. The number of amides is 1. The molecule has 1 heterocycles. The van der Waals surface area contributed by atoms with Gasteiger partial charge in [-0.15, -0.1) is 0 Å². The normalized spacial score (nSPS) is 10.4. The molecule has 0 aliphatic carbocycles. The Morgan fingerprint density at radius 3 is 2.94 bits per heavy atom. The van der Waals surface area contributed by atoms with Crippen LogP contribution in [0, 0.1) is 0 Å². The zero-order valence-corrected chi connectivity index (χ0v) is 9.64. The molecule has 0 saturated carbocycles. The smallest absolute Gasteiger partial charge is 0.217 e. The summed E-state index contributed by atoms with van der Waals surface area (Å²) < 4.78 is 5.17. The molecular formula is C13H14N2O2. The van der Waals surface area contributed by atoms with E-state index >= 15 is 0 Å². The summed E-state index contributed by atoms with van der Waals surface area (Å²) in [6, 6.07) is 7.71. The zero-order chi connectivity index (χ0) is 12.3. The lowest BCUT2D eigenvalue weighted by atomic mass is 10.1. The van der Waals surface area contributed by atoms with E-state index in [0.29, 0.717) is 12.8 Å². The van der Waals surface area contributed by atoms with Crippen molar-refractivity contribution in [3.8, 4) is 5.75 Å². The monoisotopic (exact) mass is 230 g/mol. The third kappa shape index (κ3) is 2.53. The fraction of sp³-hybridized carbons (Fsp3) is 0.231. The summed E-state index contributed by atoms with van der Waals surface area (Å²) in [5, 5.41) is 2.09. The number of hydrogen-bond acceptors (Lipinski definition) is 3. The number of aryl methyl sites for hydroxylation is 1. The second kappa shape index (κ2) is 4.82. The number of nitrogens with zero attached hydrogens (tertiary/aromatic N) is 1. The van der Waals surface area contributed by atoms with Gasteiger partial charge in [-0.05, 0) is 36.1 Å².